The highest BCUT2D eigenvalue weighted by atomic mass is 19.1. The number of phenolic OH excluding ortho intramolecular Hbond substituents is 1. The van der Waals surface area contributed by atoms with Crippen molar-refractivity contribution in [2.45, 2.75) is 20.4 Å². The summed E-state index contributed by atoms with van der Waals surface area (Å²) in [7, 11) is 1.63. The van der Waals surface area contributed by atoms with Crippen LogP contribution in [0.2, 0.25) is 0 Å². The summed E-state index contributed by atoms with van der Waals surface area (Å²) < 4.78 is 15.2. The maximum Gasteiger partial charge on any atom is 0.268 e. The Bertz CT molecular complexity index is 995. The number of nitrogens with zero attached hydrogens (tertiary/aromatic N) is 1. The Balaban J connectivity index is 0.00000126. The Labute approximate surface area is 156 Å². The minimum Gasteiger partial charge on any atom is -0.505 e. The van der Waals surface area contributed by atoms with Gasteiger partial charge in [-0.3, -0.25) is 4.79 Å². The quantitative estimate of drug-likeness (QED) is 0.417. The number of aromatic nitrogens is 1. The fraction of sp³-hybridized carbons (Fsp3) is 0.200. The van der Waals surface area contributed by atoms with E-state index in [9.17, 15) is 14.3 Å². The number of hydrogen-bond acceptors (Lipinski definition) is 4. The highest BCUT2D eigenvalue weighted by Gasteiger charge is 2.21. The fourth-order valence-corrected chi connectivity index (χ4v) is 2.86. The Morgan fingerprint density at radius 3 is 2.67 bits per heavy atom. The number of hydrogen-bond donors (Lipinski definition) is 4. The predicted octanol–water partition coefficient (Wildman–Crippen LogP) is 3.56. The number of aromatic hydroxyl groups is 1. The van der Waals surface area contributed by atoms with Crippen molar-refractivity contribution >= 4 is 28.7 Å². The fourth-order valence-electron chi connectivity index (χ4n) is 2.86. The molecule has 5 N–H and O–H groups in total. The van der Waals surface area contributed by atoms with Crippen molar-refractivity contribution in [2.75, 3.05) is 5.73 Å². The summed E-state index contributed by atoms with van der Waals surface area (Å²) in [6.45, 7) is 4.27. The summed E-state index contributed by atoms with van der Waals surface area (Å²) in [6.07, 6.45) is 1.01. The van der Waals surface area contributed by atoms with Gasteiger partial charge < -0.3 is 26.1 Å². The maximum atomic E-state index is 13.7. The normalized spacial score (nSPS) is 10.2. The number of fused-ring (bicyclic) bond motifs is 1. The van der Waals surface area contributed by atoms with Gasteiger partial charge >= 0.3 is 0 Å². The first-order valence-electron chi connectivity index (χ1n) is 8.56. The van der Waals surface area contributed by atoms with Crippen LogP contribution in [0.15, 0.2) is 36.4 Å². The molecule has 0 atom stereocenters. The molecular formula is C20H23FN4O2. The van der Waals surface area contributed by atoms with Gasteiger partial charge in [0.25, 0.3) is 5.91 Å². The molecule has 3 aromatic rings. The van der Waals surface area contributed by atoms with Gasteiger partial charge in [-0.05, 0) is 23.8 Å². The SMILES string of the molecule is CC.Cn1c(C(=O)NCc2cccc(N)c2)c(C=N)c2cc(F)c(O)cc21. The first kappa shape index (κ1) is 20.0. The van der Waals surface area contributed by atoms with Crippen LogP contribution in [-0.4, -0.2) is 21.8 Å². The van der Waals surface area contributed by atoms with Crippen molar-refractivity contribution in [3.8, 4) is 5.75 Å². The van der Waals surface area contributed by atoms with Gasteiger partial charge in [0, 0.05) is 42.5 Å². The summed E-state index contributed by atoms with van der Waals surface area (Å²) in [6, 6.07) is 9.51. The molecule has 0 aliphatic rings. The molecule has 0 radical (unpaired) electrons. The van der Waals surface area contributed by atoms with Crippen molar-refractivity contribution in [1.29, 1.82) is 5.41 Å². The van der Waals surface area contributed by atoms with E-state index in [1.165, 1.54) is 10.6 Å². The molecule has 0 aliphatic carbocycles. The lowest BCUT2D eigenvalue weighted by Crippen LogP contribution is -2.26. The number of nitrogen functional groups attached to an aromatic ring is 1. The van der Waals surface area contributed by atoms with Crippen LogP contribution in [0.3, 0.4) is 0 Å². The molecule has 2 aromatic carbocycles. The van der Waals surface area contributed by atoms with Crippen molar-refractivity contribution < 1.29 is 14.3 Å². The van der Waals surface area contributed by atoms with Crippen LogP contribution < -0.4 is 11.1 Å². The lowest BCUT2D eigenvalue weighted by Gasteiger charge is -2.08. The molecule has 0 saturated carbocycles. The summed E-state index contributed by atoms with van der Waals surface area (Å²) >= 11 is 0. The molecule has 0 unspecified atom stereocenters. The molecule has 0 spiro atoms. The summed E-state index contributed by atoms with van der Waals surface area (Å²) in [5.41, 5.74) is 8.14. The highest BCUT2D eigenvalue weighted by Crippen LogP contribution is 2.29. The van der Waals surface area contributed by atoms with Crippen LogP contribution in [0.4, 0.5) is 10.1 Å². The molecule has 0 bridgehead atoms. The van der Waals surface area contributed by atoms with Crippen molar-refractivity contribution in [2.24, 2.45) is 7.05 Å². The van der Waals surface area contributed by atoms with E-state index in [1.807, 2.05) is 19.9 Å². The molecule has 27 heavy (non-hydrogen) atoms. The Kier molecular flexibility index (Phi) is 6.18. The summed E-state index contributed by atoms with van der Waals surface area (Å²) in [4.78, 5) is 12.6. The minimum atomic E-state index is -0.798. The number of nitrogens with two attached hydrogens (primary N) is 1. The zero-order valence-electron chi connectivity index (χ0n) is 15.5. The minimum absolute atomic E-state index is 0.221. The highest BCUT2D eigenvalue weighted by molar-refractivity contribution is 6.10. The van der Waals surface area contributed by atoms with Gasteiger partial charge in [0.2, 0.25) is 0 Å². The standard InChI is InChI=1S/C18H17FN4O2.C2H6/c1-23-15-7-16(24)14(19)6-12(15)13(8-20)17(23)18(25)22-9-10-3-2-4-11(21)5-10;1-2/h2-8,20,24H,9,21H2,1H3,(H,22,25);1-2H3. The average molecular weight is 370 g/mol. The monoisotopic (exact) mass is 370 g/mol. The smallest absolute Gasteiger partial charge is 0.268 e. The number of benzene rings is 2. The van der Waals surface area contributed by atoms with E-state index in [-0.39, 0.29) is 12.2 Å². The second-order valence-electron chi connectivity index (χ2n) is 5.71. The third-order valence-electron chi connectivity index (χ3n) is 4.07. The lowest BCUT2D eigenvalue weighted by atomic mass is 10.1. The van der Waals surface area contributed by atoms with Crippen molar-refractivity contribution in [3.63, 3.8) is 0 Å². The van der Waals surface area contributed by atoms with Gasteiger partial charge in [-0.15, -0.1) is 0 Å². The average Bonchev–Trinajstić information content (AvgIpc) is 2.93. The molecule has 1 amide bonds. The number of halogens is 1. The maximum absolute atomic E-state index is 13.7. The lowest BCUT2D eigenvalue weighted by molar-refractivity contribution is 0.0943. The number of carbonyl (C=O) groups is 1. The number of anilines is 1. The number of aryl methyl sites for hydroxylation is 1. The van der Waals surface area contributed by atoms with Crippen LogP contribution in [-0.2, 0) is 13.6 Å². The molecule has 1 aromatic heterocycles. The summed E-state index contributed by atoms with van der Waals surface area (Å²) in [5, 5.41) is 20.3. The zero-order valence-corrected chi connectivity index (χ0v) is 15.5. The van der Waals surface area contributed by atoms with Crippen molar-refractivity contribution in [1.82, 2.24) is 9.88 Å². The van der Waals surface area contributed by atoms with Crippen LogP contribution in [0, 0.1) is 11.2 Å². The van der Waals surface area contributed by atoms with Crippen LogP contribution in [0.1, 0.15) is 35.5 Å². The van der Waals surface area contributed by atoms with Gasteiger partial charge in [0.1, 0.15) is 5.69 Å². The van der Waals surface area contributed by atoms with Gasteiger partial charge in [0.15, 0.2) is 11.6 Å². The second-order valence-corrected chi connectivity index (χ2v) is 5.71. The van der Waals surface area contributed by atoms with Crippen LogP contribution in [0.25, 0.3) is 10.9 Å². The van der Waals surface area contributed by atoms with Crippen LogP contribution >= 0.6 is 0 Å². The molecule has 3 rings (SSSR count). The molecule has 0 saturated heterocycles. The second kappa shape index (κ2) is 8.35. The number of rotatable bonds is 4. The Hall–Kier alpha value is -3.35. The molecular weight excluding hydrogens is 347 g/mol. The number of amides is 1. The van der Waals surface area contributed by atoms with Gasteiger partial charge in [-0.1, -0.05) is 26.0 Å². The van der Waals surface area contributed by atoms with E-state index >= 15 is 0 Å². The summed E-state index contributed by atoms with van der Waals surface area (Å²) in [5.74, 6) is -1.70. The molecule has 7 heteroatoms. The van der Waals surface area contributed by atoms with Crippen molar-refractivity contribution in [3.05, 3.63) is 59.0 Å². The first-order chi connectivity index (χ1) is 12.9. The zero-order chi connectivity index (χ0) is 20.1. The Morgan fingerprint density at radius 1 is 1.33 bits per heavy atom. The number of phenols is 1. The van der Waals surface area contributed by atoms with E-state index in [1.54, 1.807) is 25.2 Å². The van der Waals surface area contributed by atoms with Gasteiger partial charge in [-0.2, -0.15) is 0 Å². The molecule has 1 heterocycles. The molecule has 6 nitrogen and oxygen atoms in total. The third kappa shape index (κ3) is 3.92. The number of nitrogens with one attached hydrogen (secondary N) is 2. The van der Waals surface area contributed by atoms with E-state index in [2.05, 4.69) is 5.32 Å². The number of carbonyl (C=O) groups excluding carboxylic acids is 1. The van der Waals surface area contributed by atoms with Crippen LogP contribution in [0.5, 0.6) is 5.75 Å². The predicted molar refractivity (Wildman–Crippen MR) is 106 cm³/mol. The molecule has 142 valence electrons. The van der Waals surface area contributed by atoms with E-state index < -0.39 is 17.5 Å². The molecule has 0 aliphatic heterocycles. The topological polar surface area (TPSA) is 104 Å². The first-order valence-corrected chi connectivity index (χ1v) is 8.56. The Morgan fingerprint density at radius 2 is 2.04 bits per heavy atom. The molecule has 0 fully saturated rings. The third-order valence-corrected chi connectivity index (χ3v) is 4.07. The van der Waals surface area contributed by atoms with E-state index in [4.69, 9.17) is 11.1 Å². The van der Waals surface area contributed by atoms with Gasteiger partial charge in [-0.25, -0.2) is 4.39 Å². The van der Waals surface area contributed by atoms with E-state index in [0.29, 0.717) is 22.2 Å². The van der Waals surface area contributed by atoms with Gasteiger partial charge in [0.05, 0.1) is 5.52 Å². The largest absolute Gasteiger partial charge is 0.505 e. The van der Waals surface area contributed by atoms with E-state index in [0.717, 1.165) is 17.8 Å².